The Bertz CT molecular complexity index is 1180. The maximum absolute atomic E-state index is 11.7. The summed E-state index contributed by atoms with van der Waals surface area (Å²) in [4.78, 5) is 0.361. The number of anilines is 1. The predicted molar refractivity (Wildman–Crippen MR) is 121 cm³/mol. The van der Waals surface area contributed by atoms with Crippen molar-refractivity contribution in [1.29, 1.82) is 0 Å². The molecule has 2 aromatic carbocycles. The number of thiocarbonyl (C=S) groups is 1. The van der Waals surface area contributed by atoms with Gasteiger partial charge in [0, 0.05) is 42.0 Å². The quantitative estimate of drug-likeness (QED) is 0.605. The smallest absolute Gasteiger partial charge is 0.229 e. The van der Waals surface area contributed by atoms with Gasteiger partial charge in [0.15, 0.2) is 0 Å². The van der Waals surface area contributed by atoms with Crippen molar-refractivity contribution in [2.75, 3.05) is 24.2 Å². The molecular formula is C21H23N3O3S2. The lowest BCUT2D eigenvalue weighted by Crippen LogP contribution is -2.19. The van der Waals surface area contributed by atoms with E-state index in [-0.39, 0.29) is 0 Å². The van der Waals surface area contributed by atoms with E-state index >= 15 is 0 Å². The van der Waals surface area contributed by atoms with Crippen LogP contribution in [0.15, 0.2) is 48.7 Å². The minimum atomic E-state index is -3.35. The fraction of sp³-hybridized carbons (Fsp3) is 0.286. The van der Waals surface area contributed by atoms with Crippen LogP contribution >= 0.6 is 12.2 Å². The van der Waals surface area contributed by atoms with E-state index in [4.69, 9.17) is 22.7 Å². The zero-order chi connectivity index (χ0) is 20.6. The van der Waals surface area contributed by atoms with Gasteiger partial charge in [-0.15, -0.1) is 0 Å². The molecule has 0 radical (unpaired) electrons. The molecule has 0 saturated carbocycles. The number of hydrogen-bond acceptors (Lipinski definition) is 4. The summed E-state index contributed by atoms with van der Waals surface area (Å²) in [5.41, 5.74) is 10.3. The summed E-state index contributed by atoms with van der Waals surface area (Å²) in [5.74, 6) is 0. The molecule has 1 aromatic heterocycles. The Hall–Kier alpha value is -2.42. The molecule has 1 aliphatic heterocycles. The van der Waals surface area contributed by atoms with Crippen LogP contribution in [0.4, 0.5) is 5.69 Å². The van der Waals surface area contributed by atoms with Gasteiger partial charge < -0.3 is 15.0 Å². The van der Waals surface area contributed by atoms with Gasteiger partial charge in [0.2, 0.25) is 10.0 Å². The molecule has 0 amide bonds. The van der Waals surface area contributed by atoms with Gasteiger partial charge in [0.05, 0.1) is 17.5 Å². The summed E-state index contributed by atoms with van der Waals surface area (Å²) in [6.07, 6.45) is 5.13. The Labute approximate surface area is 175 Å². The second-order valence-corrected chi connectivity index (χ2v) is 9.53. The van der Waals surface area contributed by atoms with Crippen molar-refractivity contribution in [2.24, 2.45) is 5.73 Å². The summed E-state index contributed by atoms with van der Waals surface area (Å²) in [6, 6.07) is 13.8. The summed E-state index contributed by atoms with van der Waals surface area (Å²) in [7, 11) is -3.35. The van der Waals surface area contributed by atoms with Gasteiger partial charge in [-0.3, -0.25) is 4.72 Å². The lowest BCUT2D eigenvalue weighted by molar-refractivity contribution is 0.0707. The molecule has 0 atom stereocenters. The normalized spacial score (nSPS) is 15.5. The molecule has 6 nitrogen and oxygen atoms in total. The molecule has 1 aliphatic rings. The molecule has 8 heteroatoms. The molecule has 4 rings (SSSR count). The first kappa shape index (κ1) is 19.9. The number of sulfonamides is 1. The molecule has 1 fully saturated rings. The standard InChI is InChI=1S/C21H23N3O3S2/c1-29(25,26)23-16-5-6-18-19(14-3-2-4-15(11-14)21(22)28)13-24(20(18)12-16)17-7-9-27-10-8-17/h2-6,11-13,17,23H,7-10H2,1H3,(H2,22,28). The first-order valence-corrected chi connectivity index (χ1v) is 11.7. The maximum Gasteiger partial charge on any atom is 0.229 e. The third-order valence-electron chi connectivity index (χ3n) is 5.18. The Morgan fingerprint density at radius 3 is 2.66 bits per heavy atom. The number of ether oxygens (including phenoxy) is 1. The van der Waals surface area contributed by atoms with Crippen molar-refractivity contribution < 1.29 is 13.2 Å². The third-order valence-corrected chi connectivity index (χ3v) is 6.02. The van der Waals surface area contributed by atoms with Gasteiger partial charge in [0.25, 0.3) is 0 Å². The zero-order valence-electron chi connectivity index (χ0n) is 16.1. The number of rotatable bonds is 5. The van der Waals surface area contributed by atoms with Crippen molar-refractivity contribution in [3.63, 3.8) is 0 Å². The first-order valence-electron chi connectivity index (χ1n) is 9.42. The number of fused-ring (bicyclic) bond motifs is 1. The van der Waals surface area contributed by atoms with E-state index in [0.717, 1.165) is 59.9 Å². The molecule has 3 aromatic rings. The van der Waals surface area contributed by atoms with Crippen LogP contribution in [0.2, 0.25) is 0 Å². The molecule has 2 heterocycles. The van der Waals surface area contributed by atoms with Crippen molar-refractivity contribution in [2.45, 2.75) is 18.9 Å². The van der Waals surface area contributed by atoms with E-state index < -0.39 is 10.0 Å². The lowest BCUT2D eigenvalue weighted by atomic mass is 10.0. The summed E-state index contributed by atoms with van der Waals surface area (Å²) in [5, 5.41) is 1.05. The molecule has 0 aliphatic carbocycles. The van der Waals surface area contributed by atoms with Gasteiger partial charge in [-0.2, -0.15) is 0 Å². The Kier molecular flexibility index (Phi) is 5.33. The lowest BCUT2D eigenvalue weighted by Gasteiger charge is -2.24. The van der Waals surface area contributed by atoms with E-state index in [2.05, 4.69) is 15.5 Å². The van der Waals surface area contributed by atoms with Crippen LogP contribution in [0, 0.1) is 0 Å². The number of benzene rings is 2. The highest BCUT2D eigenvalue weighted by Gasteiger charge is 2.20. The average Bonchev–Trinajstić information content (AvgIpc) is 3.06. The second-order valence-electron chi connectivity index (χ2n) is 7.34. The molecule has 0 spiro atoms. The number of nitrogens with two attached hydrogens (primary N) is 1. The number of nitrogens with zero attached hydrogens (tertiary/aromatic N) is 1. The van der Waals surface area contributed by atoms with E-state index in [1.165, 1.54) is 0 Å². The van der Waals surface area contributed by atoms with Crippen LogP contribution in [0.25, 0.3) is 22.0 Å². The van der Waals surface area contributed by atoms with Gasteiger partial charge in [-0.25, -0.2) is 8.42 Å². The van der Waals surface area contributed by atoms with Crippen LogP contribution in [0.3, 0.4) is 0 Å². The van der Waals surface area contributed by atoms with E-state index in [1.54, 1.807) is 6.07 Å². The highest BCUT2D eigenvalue weighted by atomic mass is 32.2. The second kappa shape index (κ2) is 7.78. The van der Waals surface area contributed by atoms with Crippen LogP contribution in [-0.2, 0) is 14.8 Å². The van der Waals surface area contributed by atoms with Gasteiger partial charge in [-0.1, -0.05) is 36.5 Å². The average molecular weight is 430 g/mol. The summed E-state index contributed by atoms with van der Waals surface area (Å²) < 4.78 is 33.7. The molecule has 1 saturated heterocycles. The van der Waals surface area contributed by atoms with Crippen LogP contribution < -0.4 is 10.5 Å². The van der Waals surface area contributed by atoms with Crippen molar-refractivity contribution in [1.82, 2.24) is 4.57 Å². The van der Waals surface area contributed by atoms with Gasteiger partial charge in [-0.05, 0) is 36.6 Å². The number of hydrogen-bond donors (Lipinski definition) is 2. The predicted octanol–water partition coefficient (Wildman–Crippen LogP) is 3.67. The molecule has 0 bridgehead atoms. The van der Waals surface area contributed by atoms with Crippen LogP contribution in [-0.4, -0.2) is 37.4 Å². The van der Waals surface area contributed by atoms with Crippen LogP contribution in [0.1, 0.15) is 24.4 Å². The fourth-order valence-corrected chi connectivity index (χ4v) is 4.55. The number of nitrogens with one attached hydrogen (secondary N) is 1. The molecule has 0 unspecified atom stereocenters. The SMILES string of the molecule is CS(=O)(=O)Nc1ccc2c(-c3cccc(C(N)=S)c3)cn(C3CCOCC3)c2c1. The Balaban J connectivity index is 1.88. The minimum Gasteiger partial charge on any atom is -0.389 e. The molecular weight excluding hydrogens is 406 g/mol. The van der Waals surface area contributed by atoms with E-state index in [1.807, 2.05) is 36.4 Å². The van der Waals surface area contributed by atoms with Crippen LogP contribution in [0.5, 0.6) is 0 Å². The topological polar surface area (TPSA) is 86.4 Å². The Morgan fingerprint density at radius 1 is 1.21 bits per heavy atom. The monoisotopic (exact) mass is 429 g/mol. The highest BCUT2D eigenvalue weighted by Crippen LogP contribution is 2.36. The summed E-state index contributed by atoms with van der Waals surface area (Å²) >= 11 is 5.14. The number of aromatic nitrogens is 1. The maximum atomic E-state index is 11.7. The molecule has 29 heavy (non-hydrogen) atoms. The van der Waals surface area contributed by atoms with Crippen molar-refractivity contribution in [3.8, 4) is 11.1 Å². The van der Waals surface area contributed by atoms with E-state index in [9.17, 15) is 8.42 Å². The molecule has 152 valence electrons. The Morgan fingerprint density at radius 2 is 1.97 bits per heavy atom. The minimum absolute atomic E-state index is 0.298. The zero-order valence-corrected chi connectivity index (χ0v) is 17.7. The third kappa shape index (κ3) is 4.29. The largest absolute Gasteiger partial charge is 0.389 e. The van der Waals surface area contributed by atoms with Crippen molar-refractivity contribution in [3.05, 3.63) is 54.2 Å². The summed E-state index contributed by atoms with van der Waals surface area (Å²) in [6.45, 7) is 1.44. The van der Waals surface area contributed by atoms with E-state index in [0.29, 0.717) is 16.7 Å². The first-order chi connectivity index (χ1) is 13.8. The molecule has 3 N–H and O–H groups in total. The fourth-order valence-electron chi connectivity index (χ4n) is 3.86. The van der Waals surface area contributed by atoms with Gasteiger partial charge >= 0.3 is 0 Å². The highest BCUT2D eigenvalue weighted by molar-refractivity contribution is 7.92. The van der Waals surface area contributed by atoms with Gasteiger partial charge in [0.1, 0.15) is 4.99 Å². The van der Waals surface area contributed by atoms with Crippen molar-refractivity contribution >= 4 is 43.8 Å².